The number of alkyl halides is 4. The lowest BCUT2D eigenvalue weighted by atomic mass is 10.3. The monoisotopic (exact) mass is 274 g/mol. The lowest BCUT2D eigenvalue weighted by Gasteiger charge is -2.15. The van der Waals surface area contributed by atoms with Crippen LogP contribution in [-0.4, -0.2) is 41.9 Å². The van der Waals surface area contributed by atoms with Crippen molar-refractivity contribution >= 4 is 17.9 Å². The van der Waals surface area contributed by atoms with Gasteiger partial charge in [-0.1, -0.05) is 0 Å². The van der Waals surface area contributed by atoms with Crippen molar-refractivity contribution in [3.63, 3.8) is 0 Å². The Morgan fingerprint density at radius 1 is 1.17 bits per heavy atom. The quantitative estimate of drug-likeness (QED) is 0.617. The molecule has 0 rings (SSSR count). The summed E-state index contributed by atoms with van der Waals surface area (Å²) in [5.74, 6) is -6.70. The molecular weight excluding hydrogens is 264 g/mol. The summed E-state index contributed by atoms with van der Waals surface area (Å²) in [7, 11) is 0. The summed E-state index contributed by atoms with van der Waals surface area (Å²) in [6, 6.07) is -1.40. The molecule has 0 aliphatic rings. The van der Waals surface area contributed by atoms with Gasteiger partial charge in [-0.2, -0.15) is 8.78 Å². The first-order chi connectivity index (χ1) is 8.15. The van der Waals surface area contributed by atoms with E-state index in [1.807, 2.05) is 0 Å². The Morgan fingerprint density at radius 3 is 2.17 bits per heavy atom. The lowest BCUT2D eigenvalue weighted by Crippen LogP contribution is -2.46. The predicted octanol–water partition coefficient (Wildman–Crippen LogP) is 0.577. The van der Waals surface area contributed by atoms with E-state index < -0.39 is 49.6 Å². The van der Waals surface area contributed by atoms with Crippen LogP contribution in [0.1, 0.15) is 12.8 Å². The molecule has 6 nitrogen and oxygen atoms in total. The predicted molar refractivity (Wildman–Crippen MR) is 49.4 cm³/mol. The first kappa shape index (κ1) is 16.1. The van der Waals surface area contributed by atoms with E-state index in [1.165, 1.54) is 10.6 Å². The van der Waals surface area contributed by atoms with E-state index in [0.29, 0.717) is 0 Å². The average molecular weight is 274 g/mol. The first-order valence-corrected chi connectivity index (χ1v) is 4.60. The van der Waals surface area contributed by atoms with Crippen LogP contribution in [-0.2, 0) is 9.59 Å². The molecule has 0 aromatic heterocycles. The maximum Gasteiger partial charge on any atom is 0.324 e. The van der Waals surface area contributed by atoms with Crippen LogP contribution >= 0.6 is 0 Å². The number of carboxylic acids is 1. The Bertz CT molecular complexity index is 335. The van der Waals surface area contributed by atoms with Crippen LogP contribution in [0, 0.1) is 0 Å². The summed E-state index contributed by atoms with van der Waals surface area (Å²) in [4.78, 5) is 31.7. The first-order valence-electron chi connectivity index (χ1n) is 4.60. The third-order valence-electron chi connectivity index (χ3n) is 1.62. The molecule has 0 saturated heterocycles. The van der Waals surface area contributed by atoms with E-state index in [0.717, 1.165) is 0 Å². The molecule has 0 unspecified atom stereocenters. The number of halogens is 4. The smallest absolute Gasteiger partial charge is 0.324 e. The average Bonchev–Trinajstić information content (AvgIpc) is 2.23. The number of hydrogen-bond donors (Lipinski definition) is 3. The fraction of sp³-hybridized carbons (Fsp3) is 0.625. The van der Waals surface area contributed by atoms with E-state index in [9.17, 15) is 31.9 Å². The van der Waals surface area contributed by atoms with Gasteiger partial charge >= 0.3 is 24.3 Å². The van der Waals surface area contributed by atoms with Crippen LogP contribution in [0.15, 0.2) is 0 Å². The SMILES string of the molecule is O=C(O)CCC(=O)NC(=O)NCC(F)(F)C(F)F. The van der Waals surface area contributed by atoms with E-state index in [2.05, 4.69) is 0 Å². The second-order valence-corrected chi connectivity index (χ2v) is 3.19. The van der Waals surface area contributed by atoms with Gasteiger partial charge in [0.25, 0.3) is 0 Å². The number of urea groups is 1. The minimum absolute atomic E-state index is 0.534. The molecular formula is C8H10F4N2O4. The zero-order valence-electron chi connectivity index (χ0n) is 8.88. The zero-order chi connectivity index (χ0) is 14.3. The molecule has 0 radical (unpaired) electrons. The van der Waals surface area contributed by atoms with Crippen molar-refractivity contribution in [3.8, 4) is 0 Å². The summed E-state index contributed by atoms with van der Waals surface area (Å²) in [6.45, 7) is -1.64. The minimum Gasteiger partial charge on any atom is -0.481 e. The van der Waals surface area contributed by atoms with Crippen LogP contribution in [0.3, 0.4) is 0 Å². The highest BCUT2D eigenvalue weighted by atomic mass is 19.3. The van der Waals surface area contributed by atoms with Crippen molar-refractivity contribution < 1.29 is 37.1 Å². The molecule has 104 valence electrons. The van der Waals surface area contributed by atoms with Gasteiger partial charge in [0, 0.05) is 6.42 Å². The van der Waals surface area contributed by atoms with Gasteiger partial charge in [0.05, 0.1) is 13.0 Å². The van der Waals surface area contributed by atoms with Gasteiger partial charge in [-0.15, -0.1) is 0 Å². The van der Waals surface area contributed by atoms with Crippen molar-refractivity contribution in [2.75, 3.05) is 6.54 Å². The van der Waals surface area contributed by atoms with Crippen molar-refractivity contribution in [1.29, 1.82) is 0 Å². The Labute approximate surface area is 98.3 Å². The van der Waals surface area contributed by atoms with Crippen molar-refractivity contribution in [2.45, 2.75) is 25.2 Å². The van der Waals surface area contributed by atoms with E-state index in [4.69, 9.17) is 5.11 Å². The number of aliphatic carboxylic acids is 1. The zero-order valence-corrected chi connectivity index (χ0v) is 8.88. The maximum atomic E-state index is 12.3. The standard InChI is InChI=1S/C8H10F4N2O4/c9-6(10)8(11,12)3-13-7(18)14-4(15)1-2-5(16)17/h6H,1-3H2,(H,16,17)(H2,13,14,15,18). The van der Waals surface area contributed by atoms with Gasteiger partial charge < -0.3 is 10.4 Å². The molecule has 10 heteroatoms. The maximum absolute atomic E-state index is 12.3. The summed E-state index contributed by atoms with van der Waals surface area (Å²) in [6.07, 6.45) is -5.03. The number of carboxylic acid groups (broad SMARTS) is 1. The lowest BCUT2D eigenvalue weighted by molar-refractivity contribution is -0.138. The fourth-order valence-corrected chi connectivity index (χ4v) is 0.729. The molecule has 3 amide bonds. The molecule has 18 heavy (non-hydrogen) atoms. The number of rotatable bonds is 6. The Kier molecular flexibility index (Phi) is 6.06. The molecule has 0 saturated carbocycles. The van der Waals surface area contributed by atoms with Gasteiger partial charge in [-0.25, -0.2) is 13.6 Å². The third kappa shape index (κ3) is 6.66. The normalized spacial score (nSPS) is 11.2. The number of carbonyl (C=O) groups excluding carboxylic acids is 2. The van der Waals surface area contributed by atoms with Crippen LogP contribution in [0.2, 0.25) is 0 Å². The number of amides is 3. The van der Waals surface area contributed by atoms with E-state index in [1.54, 1.807) is 0 Å². The molecule has 0 bridgehead atoms. The molecule has 0 aromatic rings. The van der Waals surface area contributed by atoms with Crippen LogP contribution in [0.4, 0.5) is 22.4 Å². The number of imide groups is 1. The van der Waals surface area contributed by atoms with Gasteiger partial charge in [0.15, 0.2) is 0 Å². The molecule has 0 aliphatic heterocycles. The van der Waals surface area contributed by atoms with Crippen molar-refractivity contribution in [3.05, 3.63) is 0 Å². The highest BCUT2D eigenvalue weighted by Gasteiger charge is 2.40. The molecule has 0 fully saturated rings. The Morgan fingerprint density at radius 2 is 1.72 bits per heavy atom. The number of carbonyl (C=O) groups is 3. The van der Waals surface area contributed by atoms with Gasteiger partial charge in [0.1, 0.15) is 0 Å². The van der Waals surface area contributed by atoms with Gasteiger partial charge in [0.2, 0.25) is 5.91 Å². The van der Waals surface area contributed by atoms with Gasteiger partial charge in [-0.05, 0) is 0 Å². The summed E-state index contributed by atoms with van der Waals surface area (Å²) < 4.78 is 48.0. The second kappa shape index (κ2) is 6.77. The van der Waals surface area contributed by atoms with Crippen LogP contribution in [0.5, 0.6) is 0 Å². The number of hydrogen-bond acceptors (Lipinski definition) is 3. The highest BCUT2D eigenvalue weighted by molar-refractivity contribution is 5.95. The van der Waals surface area contributed by atoms with E-state index >= 15 is 0 Å². The molecule has 0 atom stereocenters. The Hall–Kier alpha value is -1.87. The minimum atomic E-state index is -4.40. The summed E-state index contributed by atoms with van der Waals surface area (Å²) in [5, 5.41) is 11.1. The Balaban J connectivity index is 3.98. The molecule has 0 heterocycles. The fourth-order valence-electron chi connectivity index (χ4n) is 0.729. The highest BCUT2D eigenvalue weighted by Crippen LogP contribution is 2.21. The summed E-state index contributed by atoms with van der Waals surface area (Å²) in [5.41, 5.74) is 0. The molecule has 3 N–H and O–H groups in total. The second-order valence-electron chi connectivity index (χ2n) is 3.19. The molecule has 0 aliphatic carbocycles. The van der Waals surface area contributed by atoms with Crippen molar-refractivity contribution in [2.24, 2.45) is 0 Å². The molecule has 0 spiro atoms. The van der Waals surface area contributed by atoms with E-state index in [-0.39, 0.29) is 0 Å². The van der Waals surface area contributed by atoms with Crippen LogP contribution in [0.25, 0.3) is 0 Å². The summed E-state index contributed by atoms with van der Waals surface area (Å²) >= 11 is 0. The van der Waals surface area contributed by atoms with Crippen LogP contribution < -0.4 is 10.6 Å². The third-order valence-corrected chi connectivity index (χ3v) is 1.62. The van der Waals surface area contributed by atoms with Crippen molar-refractivity contribution in [1.82, 2.24) is 10.6 Å². The largest absolute Gasteiger partial charge is 0.481 e. The van der Waals surface area contributed by atoms with Gasteiger partial charge in [-0.3, -0.25) is 14.9 Å². The topological polar surface area (TPSA) is 95.5 Å². The molecule has 0 aromatic carbocycles. The number of nitrogens with one attached hydrogen (secondary N) is 2.